The van der Waals surface area contributed by atoms with Crippen LogP contribution in [0.25, 0.3) is 0 Å². The first-order valence-electron chi connectivity index (χ1n) is 13.6. The maximum atomic E-state index is 11.0. The molecular formula is C25H48N2O10. The van der Waals surface area contributed by atoms with Gasteiger partial charge in [0.15, 0.2) is 0 Å². The molecule has 2 saturated heterocycles. The van der Waals surface area contributed by atoms with Crippen LogP contribution in [0.2, 0.25) is 0 Å². The molecular weight excluding hydrogens is 488 g/mol. The topological polar surface area (TPSA) is 206 Å². The third kappa shape index (κ3) is 9.95. The molecule has 0 aliphatic carbocycles. The van der Waals surface area contributed by atoms with Gasteiger partial charge < -0.3 is 55.9 Å². The van der Waals surface area contributed by atoms with E-state index in [-0.39, 0.29) is 5.91 Å². The zero-order valence-corrected chi connectivity index (χ0v) is 21.8. The largest absolute Gasteiger partial charge is 0.394 e. The SMILES string of the molecule is C[C@@H]1O[C@@H](CCCCN(CCCCCC(N)=O)CCC[C@H]2O[C@H](CO)[C@@H](O)[C@H](O)[C@H]2O)[C@@H](O)[C@H](O)[C@@H]1O. The molecule has 1 amide bonds. The molecule has 0 saturated carbocycles. The fourth-order valence-corrected chi connectivity index (χ4v) is 5.14. The van der Waals surface area contributed by atoms with E-state index in [4.69, 9.17) is 15.2 Å². The Labute approximate surface area is 219 Å². The van der Waals surface area contributed by atoms with Crippen LogP contribution in [0.1, 0.15) is 64.7 Å². The van der Waals surface area contributed by atoms with E-state index in [1.165, 1.54) is 0 Å². The lowest BCUT2D eigenvalue weighted by atomic mass is 9.92. The lowest BCUT2D eigenvalue weighted by Gasteiger charge is -2.40. The van der Waals surface area contributed by atoms with Gasteiger partial charge in [-0.05, 0) is 71.5 Å². The first-order chi connectivity index (χ1) is 17.6. The molecule has 2 aliphatic heterocycles. The Morgan fingerprint density at radius 2 is 1.19 bits per heavy atom. The van der Waals surface area contributed by atoms with Crippen molar-refractivity contribution in [2.45, 2.75) is 126 Å². The van der Waals surface area contributed by atoms with E-state index in [0.29, 0.717) is 32.2 Å². The average molecular weight is 537 g/mol. The Bertz CT molecular complexity index is 657. The minimum absolute atomic E-state index is 0.310. The summed E-state index contributed by atoms with van der Waals surface area (Å²) in [6.45, 7) is 3.50. The summed E-state index contributed by atoms with van der Waals surface area (Å²) in [7, 11) is 0. The van der Waals surface area contributed by atoms with E-state index in [9.17, 15) is 40.5 Å². The summed E-state index contributed by atoms with van der Waals surface area (Å²) >= 11 is 0. The predicted molar refractivity (Wildman–Crippen MR) is 133 cm³/mol. The summed E-state index contributed by atoms with van der Waals surface area (Å²) in [5.74, 6) is -0.310. The minimum atomic E-state index is -1.38. The van der Waals surface area contributed by atoms with Gasteiger partial charge >= 0.3 is 0 Å². The number of amides is 1. The third-order valence-electron chi connectivity index (χ3n) is 7.52. The third-order valence-corrected chi connectivity index (χ3v) is 7.52. The molecule has 2 rings (SSSR count). The highest BCUT2D eigenvalue weighted by Crippen LogP contribution is 2.25. The van der Waals surface area contributed by atoms with Gasteiger partial charge in [-0.2, -0.15) is 0 Å². The number of nitrogens with two attached hydrogens (primary N) is 1. The van der Waals surface area contributed by atoms with Crippen molar-refractivity contribution in [1.29, 1.82) is 0 Å². The summed E-state index contributed by atoms with van der Waals surface area (Å²) in [4.78, 5) is 13.2. The molecule has 0 aromatic carbocycles. The van der Waals surface area contributed by atoms with E-state index in [1.54, 1.807) is 6.92 Å². The number of rotatable bonds is 16. The summed E-state index contributed by atoms with van der Waals surface area (Å²) in [5.41, 5.74) is 5.21. The molecule has 2 fully saturated rings. The fourth-order valence-electron chi connectivity index (χ4n) is 5.14. The molecule has 0 unspecified atom stereocenters. The Morgan fingerprint density at radius 3 is 1.81 bits per heavy atom. The molecule has 0 spiro atoms. The van der Waals surface area contributed by atoms with Crippen molar-refractivity contribution in [1.82, 2.24) is 4.90 Å². The zero-order chi connectivity index (χ0) is 27.5. The van der Waals surface area contributed by atoms with Crippen LogP contribution >= 0.6 is 0 Å². The number of aliphatic hydroxyl groups is 7. The number of hydrogen-bond acceptors (Lipinski definition) is 11. The second kappa shape index (κ2) is 16.2. The van der Waals surface area contributed by atoms with Gasteiger partial charge in [0.2, 0.25) is 5.91 Å². The van der Waals surface area contributed by atoms with Crippen LogP contribution in [0.15, 0.2) is 0 Å². The molecule has 0 aromatic rings. The summed E-state index contributed by atoms with van der Waals surface area (Å²) < 4.78 is 11.3. The summed E-state index contributed by atoms with van der Waals surface area (Å²) in [6, 6.07) is 0. The number of carbonyl (C=O) groups is 1. The van der Waals surface area contributed by atoms with Gasteiger partial charge in [0.05, 0.1) is 24.9 Å². The highest BCUT2D eigenvalue weighted by molar-refractivity contribution is 5.73. The first-order valence-corrected chi connectivity index (χ1v) is 13.6. The molecule has 0 radical (unpaired) electrons. The van der Waals surface area contributed by atoms with Gasteiger partial charge in [-0.1, -0.05) is 6.42 Å². The Morgan fingerprint density at radius 1 is 0.676 bits per heavy atom. The predicted octanol–water partition coefficient (Wildman–Crippen LogP) is -2.00. The average Bonchev–Trinajstić information content (AvgIpc) is 2.87. The van der Waals surface area contributed by atoms with Crippen LogP contribution in [0.3, 0.4) is 0 Å². The molecule has 218 valence electrons. The second-order valence-electron chi connectivity index (χ2n) is 10.5. The van der Waals surface area contributed by atoms with Crippen molar-refractivity contribution in [3.05, 3.63) is 0 Å². The zero-order valence-electron chi connectivity index (χ0n) is 21.8. The van der Waals surface area contributed by atoms with E-state index in [2.05, 4.69) is 4.90 Å². The molecule has 0 bridgehead atoms. The van der Waals surface area contributed by atoms with Gasteiger partial charge in [-0.25, -0.2) is 0 Å². The van der Waals surface area contributed by atoms with Crippen LogP contribution in [0.5, 0.6) is 0 Å². The van der Waals surface area contributed by atoms with Crippen LogP contribution < -0.4 is 5.73 Å². The van der Waals surface area contributed by atoms with Crippen molar-refractivity contribution >= 4 is 5.91 Å². The molecule has 9 N–H and O–H groups in total. The van der Waals surface area contributed by atoms with Crippen molar-refractivity contribution in [3.63, 3.8) is 0 Å². The molecule has 0 aromatic heterocycles. The Balaban J connectivity index is 1.80. The van der Waals surface area contributed by atoms with E-state index in [0.717, 1.165) is 45.2 Å². The van der Waals surface area contributed by atoms with Gasteiger partial charge in [0.1, 0.15) is 42.7 Å². The lowest BCUT2D eigenvalue weighted by molar-refractivity contribution is -0.230. The lowest BCUT2D eigenvalue weighted by Crippen LogP contribution is -2.58. The van der Waals surface area contributed by atoms with Crippen LogP contribution in [-0.4, -0.2) is 134 Å². The van der Waals surface area contributed by atoms with Gasteiger partial charge in [0, 0.05) is 6.42 Å². The second-order valence-corrected chi connectivity index (χ2v) is 10.5. The van der Waals surface area contributed by atoms with E-state index in [1.807, 2.05) is 0 Å². The van der Waals surface area contributed by atoms with Crippen molar-refractivity contribution < 1.29 is 50.0 Å². The Kier molecular flexibility index (Phi) is 14.2. The minimum Gasteiger partial charge on any atom is -0.394 e. The van der Waals surface area contributed by atoms with Crippen LogP contribution in [0, 0.1) is 0 Å². The molecule has 2 heterocycles. The van der Waals surface area contributed by atoms with Gasteiger partial charge in [-0.15, -0.1) is 0 Å². The number of aliphatic hydroxyl groups excluding tert-OH is 7. The van der Waals surface area contributed by atoms with Crippen molar-refractivity contribution in [3.8, 4) is 0 Å². The maximum absolute atomic E-state index is 11.0. The van der Waals surface area contributed by atoms with Gasteiger partial charge in [0.25, 0.3) is 0 Å². The van der Waals surface area contributed by atoms with E-state index >= 15 is 0 Å². The molecule has 37 heavy (non-hydrogen) atoms. The van der Waals surface area contributed by atoms with Crippen LogP contribution in [-0.2, 0) is 14.3 Å². The number of hydrogen-bond donors (Lipinski definition) is 8. The Hall–Kier alpha value is -0.930. The first kappa shape index (κ1) is 32.3. The quantitative estimate of drug-likeness (QED) is 0.101. The van der Waals surface area contributed by atoms with Gasteiger partial charge in [-0.3, -0.25) is 4.79 Å². The molecule has 10 atom stereocenters. The summed E-state index contributed by atoms with van der Waals surface area (Å²) in [5, 5.41) is 69.7. The van der Waals surface area contributed by atoms with E-state index < -0.39 is 67.6 Å². The fraction of sp³-hybridized carbons (Fsp3) is 0.960. The van der Waals surface area contributed by atoms with Crippen molar-refractivity contribution in [2.24, 2.45) is 5.73 Å². The number of nitrogens with zero attached hydrogens (tertiary/aromatic N) is 1. The number of carbonyl (C=O) groups excluding carboxylic acids is 1. The smallest absolute Gasteiger partial charge is 0.217 e. The number of ether oxygens (including phenoxy) is 2. The number of unbranched alkanes of at least 4 members (excludes halogenated alkanes) is 3. The monoisotopic (exact) mass is 536 g/mol. The highest BCUT2D eigenvalue weighted by atomic mass is 16.5. The number of primary amides is 1. The normalized spacial score (nSPS) is 36.7. The van der Waals surface area contributed by atoms with Crippen LogP contribution in [0.4, 0.5) is 0 Å². The maximum Gasteiger partial charge on any atom is 0.217 e. The molecule has 12 nitrogen and oxygen atoms in total. The standard InChI is InChI=1S/C25H48N2O10/c1-15-20(30)24(34)21(31)16(36-15)8-4-6-12-27(11-5-2-3-10-19(26)29)13-7-9-17-22(32)25(35)23(33)18(14-28)37-17/h15-18,20-25,28,30-35H,2-14H2,1H3,(H2,26,29)/t15-,16-,17+,18+,20+,21+,22-,23+,24+,25+/m0/s1. The highest BCUT2D eigenvalue weighted by Gasteiger charge is 2.43. The summed E-state index contributed by atoms with van der Waals surface area (Å²) in [6.07, 6.45) is -4.08. The molecule has 12 heteroatoms. The molecule has 2 aliphatic rings. The van der Waals surface area contributed by atoms with Crippen molar-refractivity contribution in [2.75, 3.05) is 26.2 Å².